The second-order valence-electron chi connectivity index (χ2n) is 15.9. The van der Waals surface area contributed by atoms with Gasteiger partial charge in [0.25, 0.3) is 6.33 Å². The number of aryl methyl sites for hydroxylation is 2. The van der Waals surface area contributed by atoms with Crippen LogP contribution in [-0.2, 0) is 26.3 Å². The first-order chi connectivity index (χ1) is 20.4. The van der Waals surface area contributed by atoms with Crippen LogP contribution in [0.5, 0.6) is 11.5 Å². The van der Waals surface area contributed by atoms with E-state index < -0.39 is 0 Å². The maximum Gasteiger partial charge on any atom is 0.287 e. The molecule has 3 nitrogen and oxygen atoms in total. The zero-order valence-corrected chi connectivity index (χ0v) is 27.4. The van der Waals surface area contributed by atoms with Crippen LogP contribution in [0.3, 0.4) is 0 Å². The Kier molecular flexibility index (Phi) is 6.61. The average molecular weight is 572 g/mol. The van der Waals surface area contributed by atoms with Crippen molar-refractivity contribution in [2.24, 2.45) is 23.8 Å². The molecule has 0 saturated heterocycles. The average Bonchev–Trinajstić information content (AvgIpc) is 3.44. The molecule has 1 aliphatic carbocycles. The molecule has 1 fully saturated rings. The third-order valence-corrected chi connectivity index (χ3v) is 9.72. The van der Waals surface area contributed by atoms with E-state index >= 15 is 0 Å². The summed E-state index contributed by atoms with van der Waals surface area (Å²) in [4.78, 5) is 5.07. The summed E-state index contributed by atoms with van der Waals surface area (Å²) in [6.45, 7) is 16.3. The van der Waals surface area contributed by atoms with Gasteiger partial charge in [0, 0.05) is 10.9 Å². The van der Waals surface area contributed by atoms with Crippen LogP contribution < -0.4 is 9.30 Å². The van der Waals surface area contributed by atoms with E-state index in [0.717, 1.165) is 47.6 Å². The lowest BCUT2D eigenvalue weighted by Crippen LogP contribution is -2.33. The van der Waals surface area contributed by atoms with Gasteiger partial charge in [-0.15, -0.1) is 0 Å². The van der Waals surface area contributed by atoms with Gasteiger partial charge in [-0.1, -0.05) is 97.6 Å². The SMILES string of the molecule is Cc1c2c(c(CC(C)(C)C)c3ccc(CC(C)(C)C)cc13)Oc1cc3c(CC4CCCC4)cccc3c3nc[n+](C)c-2c13. The van der Waals surface area contributed by atoms with Crippen LogP contribution in [0.1, 0.15) is 89.5 Å². The van der Waals surface area contributed by atoms with Gasteiger partial charge in [0.05, 0.1) is 12.6 Å². The lowest BCUT2D eigenvalue weighted by Gasteiger charge is -2.29. The summed E-state index contributed by atoms with van der Waals surface area (Å²) >= 11 is 0. The van der Waals surface area contributed by atoms with Crippen molar-refractivity contribution < 1.29 is 9.30 Å². The number of rotatable bonds is 4. The minimum absolute atomic E-state index is 0.108. The molecule has 2 aliphatic rings. The maximum absolute atomic E-state index is 7.16. The number of ether oxygens (including phenoxy) is 1. The summed E-state index contributed by atoms with van der Waals surface area (Å²) in [5.41, 5.74) is 9.28. The van der Waals surface area contributed by atoms with Crippen molar-refractivity contribution in [2.45, 2.75) is 93.4 Å². The third-order valence-electron chi connectivity index (χ3n) is 9.72. The maximum atomic E-state index is 7.16. The summed E-state index contributed by atoms with van der Waals surface area (Å²) in [6.07, 6.45) is 10.6. The van der Waals surface area contributed by atoms with Crippen molar-refractivity contribution in [1.82, 2.24) is 4.98 Å². The summed E-state index contributed by atoms with van der Waals surface area (Å²) in [6, 6.07) is 16.3. The van der Waals surface area contributed by atoms with Crippen LogP contribution in [0, 0.1) is 23.7 Å². The molecular formula is C40H47N2O+. The van der Waals surface area contributed by atoms with E-state index in [1.165, 1.54) is 80.7 Å². The predicted octanol–water partition coefficient (Wildman–Crippen LogP) is 10.4. The smallest absolute Gasteiger partial charge is 0.287 e. The molecule has 1 aliphatic heterocycles. The normalized spacial score (nSPS) is 15.4. The quantitative estimate of drug-likeness (QED) is 0.155. The van der Waals surface area contributed by atoms with E-state index in [1.807, 2.05) is 6.33 Å². The summed E-state index contributed by atoms with van der Waals surface area (Å²) in [7, 11) is 2.14. The Balaban J connectivity index is 1.53. The van der Waals surface area contributed by atoms with Gasteiger partial charge in [0.2, 0.25) is 0 Å². The minimum Gasteiger partial charge on any atom is -0.455 e. The fraction of sp³-hybridized carbons (Fsp3) is 0.450. The monoisotopic (exact) mass is 571 g/mol. The molecule has 0 atom stereocenters. The van der Waals surface area contributed by atoms with Crippen molar-refractivity contribution in [2.75, 3.05) is 0 Å². The Morgan fingerprint density at radius 2 is 1.60 bits per heavy atom. The van der Waals surface area contributed by atoms with E-state index in [9.17, 15) is 0 Å². The highest BCUT2D eigenvalue weighted by Crippen LogP contribution is 2.53. The molecule has 0 unspecified atom stereocenters. The molecule has 7 rings (SSSR count). The van der Waals surface area contributed by atoms with Crippen molar-refractivity contribution >= 4 is 32.4 Å². The van der Waals surface area contributed by atoms with Gasteiger partial charge in [0.15, 0.2) is 11.2 Å². The molecule has 5 aromatic rings. The Bertz CT molecular complexity index is 1910. The molecule has 0 amide bonds. The lowest BCUT2D eigenvalue weighted by atomic mass is 9.80. The Labute approximate surface area is 257 Å². The Hall–Kier alpha value is -3.46. The van der Waals surface area contributed by atoms with Crippen LogP contribution in [0.25, 0.3) is 43.7 Å². The highest BCUT2D eigenvalue weighted by Gasteiger charge is 2.34. The van der Waals surface area contributed by atoms with Crippen molar-refractivity contribution in [1.29, 1.82) is 0 Å². The number of nitrogens with zero attached hydrogens (tertiary/aromatic N) is 2. The molecule has 0 bridgehead atoms. The van der Waals surface area contributed by atoms with Crippen LogP contribution in [-0.4, -0.2) is 4.98 Å². The standard InChI is InChI=1S/C40H47N2O/c1-24-30-19-26(21-39(2,3)4)16-17-28(30)32(22-40(5,6)7)38-34(24)37-35-33(43-38)20-31-27(18-25-12-9-10-13-25)14-11-15-29(31)36(35)41-23-42(37)8/h11,14-17,19-20,23,25H,9-10,12-13,18,21-22H2,1-8H3/q+1. The highest BCUT2D eigenvalue weighted by molar-refractivity contribution is 6.15. The zero-order chi connectivity index (χ0) is 30.3. The van der Waals surface area contributed by atoms with Gasteiger partial charge in [-0.25, -0.2) is 4.57 Å². The van der Waals surface area contributed by atoms with Crippen LogP contribution >= 0.6 is 0 Å². The van der Waals surface area contributed by atoms with Crippen molar-refractivity contribution in [3.63, 3.8) is 0 Å². The number of fused-ring (bicyclic) bond motifs is 5. The molecule has 2 heterocycles. The Morgan fingerprint density at radius 3 is 2.33 bits per heavy atom. The number of aromatic nitrogens is 2. The number of hydrogen-bond donors (Lipinski definition) is 0. The first-order valence-electron chi connectivity index (χ1n) is 16.4. The summed E-state index contributed by atoms with van der Waals surface area (Å²) in [5, 5.41) is 6.34. The largest absolute Gasteiger partial charge is 0.455 e. The lowest BCUT2D eigenvalue weighted by molar-refractivity contribution is -0.662. The first kappa shape index (κ1) is 28.3. The van der Waals surface area contributed by atoms with Gasteiger partial charge in [0.1, 0.15) is 16.9 Å². The number of hydrogen-bond acceptors (Lipinski definition) is 2. The molecule has 0 radical (unpaired) electrons. The first-order valence-corrected chi connectivity index (χ1v) is 16.4. The van der Waals surface area contributed by atoms with E-state index in [1.54, 1.807) is 0 Å². The van der Waals surface area contributed by atoms with Gasteiger partial charge in [-0.2, -0.15) is 0 Å². The van der Waals surface area contributed by atoms with Gasteiger partial charge in [-0.05, 0) is 92.9 Å². The molecule has 4 aromatic carbocycles. The molecule has 1 aromatic heterocycles. The molecular weight excluding hydrogens is 524 g/mol. The highest BCUT2D eigenvalue weighted by atomic mass is 16.5. The topological polar surface area (TPSA) is 26.0 Å². The van der Waals surface area contributed by atoms with Gasteiger partial charge in [-0.3, -0.25) is 0 Å². The van der Waals surface area contributed by atoms with Crippen molar-refractivity contribution in [3.8, 4) is 22.8 Å². The molecule has 222 valence electrons. The third kappa shape index (κ3) is 4.99. The second kappa shape index (κ2) is 10.0. The molecule has 0 N–H and O–H groups in total. The fourth-order valence-corrected chi connectivity index (χ4v) is 7.95. The van der Waals surface area contributed by atoms with E-state index in [2.05, 4.69) is 103 Å². The second-order valence-corrected chi connectivity index (χ2v) is 15.9. The molecule has 43 heavy (non-hydrogen) atoms. The summed E-state index contributed by atoms with van der Waals surface area (Å²) < 4.78 is 9.38. The fourth-order valence-electron chi connectivity index (χ4n) is 7.95. The van der Waals surface area contributed by atoms with Gasteiger partial charge < -0.3 is 4.74 Å². The Morgan fingerprint density at radius 1 is 0.860 bits per heavy atom. The van der Waals surface area contributed by atoms with Crippen LogP contribution in [0.4, 0.5) is 0 Å². The predicted molar refractivity (Wildman–Crippen MR) is 180 cm³/mol. The van der Waals surface area contributed by atoms with Crippen molar-refractivity contribution in [3.05, 3.63) is 71.0 Å². The molecule has 3 heteroatoms. The molecule has 1 saturated carbocycles. The molecule has 0 spiro atoms. The van der Waals surface area contributed by atoms with E-state index in [-0.39, 0.29) is 10.8 Å². The van der Waals surface area contributed by atoms with E-state index in [0.29, 0.717) is 0 Å². The van der Waals surface area contributed by atoms with E-state index in [4.69, 9.17) is 9.72 Å². The minimum atomic E-state index is 0.108. The van der Waals surface area contributed by atoms with Crippen LogP contribution in [0.15, 0.2) is 48.8 Å². The number of benzene rings is 4. The van der Waals surface area contributed by atoms with Crippen LogP contribution in [0.2, 0.25) is 0 Å². The van der Waals surface area contributed by atoms with Gasteiger partial charge >= 0.3 is 0 Å². The summed E-state index contributed by atoms with van der Waals surface area (Å²) in [5.74, 6) is 2.77. The zero-order valence-electron chi connectivity index (χ0n) is 27.4.